The predicted octanol–water partition coefficient (Wildman–Crippen LogP) is 2.32. The fraction of sp³-hybridized carbons (Fsp3) is 0.357. The summed E-state index contributed by atoms with van der Waals surface area (Å²) in [6.45, 7) is 0.731. The van der Waals surface area contributed by atoms with E-state index in [1.807, 2.05) is 30.3 Å². The molecule has 22 heavy (non-hydrogen) atoms. The molecule has 1 saturated heterocycles. The van der Waals surface area contributed by atoms with Crippen LogP contribution in [0.4, 0.5) is 6.01 Å². The molecular formula is C14H14N6O2. The molecule has 0 saturated carbocycles. The molecule has 8 heteroatoms. The molecule has 2 heterocycles. The van der Waals surface area contributed by atoms with Crippen LogP contribution in [0.2, 0.25) is 0 Å². The van der Waals surface area contributed by atoms with Gasteiger partial charge in [0.25, 0.3) is 0 Å². The zero-order chi connectivity index (χ0) is 15.4. The van der Waals surface area contributed by atoms with Crippen molar-refractivity contribution in [1.29, 1.82) is 0 Å². The first-order chi connectivity index (χ1) is 10.8. The number of anilines is 1. The van der Waals surface area contributed by atoms with E-state index in [-0.39, 0.29) is 17.8 Å². The minimum atomic E-state index is -0.0898. The Morgan fingerprint density at radius 1 is 1.36 bits per heavy atom. The van der Waals surface area contributed by atoms with E-state index in [4.69, 9.17) is 9.95 Å². The molecule has 1 aliphatic rings. The van der Waals surface area contributed by atoms with Crippen LogP contribution in [-0.4, -0.2) is 29.2 Å². The summed E-state index contributed by atoms with van der Waals surface area (Å²) in [7, 11) is 0. The Bertz CT molecular complexity index is 707. The molecule has 1 atom stereocenters. The molecule has 0 spiro atoms. The van der Waals surface area contributed by atoms with Crippen molar-refractivity contribution in [2.75, 3.05) is 18.0 Å². The number of carbonyl (C=O) groups is 1. The quantitative estimate of drug-likeness (QED) is 0.479. The molecule has 0 bridgehead atoms. The molecule has 0 radical (unpaired) electrons. The fourth-order valence-corrected chi connectivity index (χ4v) is 2.44. The van der Waals surface area contributed by atoms with E-state index in [1.54, 1.807) is 0 Å². The molecule has 1 aromatic heterocycles. The summed E-state index contributed by atoms with van der Waals surface area (Å²) in [5, 5.41) is 11.4. The molecule has 1 fully saturated rings. The summed E-state index contributed by atoms with van der Waals surface area (Å²) < 4.78 is 5.57. The highest BCUT2D eigenvalue weighted by molar-refractivity contribution is 5.93. The smallest absolute Gasteiger partial charge is 0.325 e. The summed E-state index contributed by atoms with van der Waals surface area (Å²) in [4.78, 5) is 16.2. The van der Waals surface area contributed by atoms with Gasteiger partial charge in [0.05, 0.1) is 6.42 Å². The van der Waals surface area contributed by atoms with Crippen molar-refractivity contribution in [2.24, 2.45) is 11.0 Å². The molecule has 1 unspecified atom stereocenters. The highest BCUT2D eigenvalue weighted by atomic mass is 16.4. The number of benzene rings is 1. The standard InChI is InChI=1S/C14H14N6O2/c15-19-16-8-11-7-13(21)20(9-11)14-18-17-12(22-14)6-10-4-2-1-3-5-10/h1-5,11H,6-9H2. The van der Waals surface area contributed by atoms with E-state index >= 15 is 0 Å². The Labute approximate surface area is 126 Å². The van der Waals surface area contributed by atoms with Crippen molar-refractivity contribution in [3.8, 4) is 0 Å². The second-order valence-electron chi connectivity index (χ2n) is 5.13. The normalized spacial score (nSPS) is 17.5. The largest absolute Gasteiger partial charge is 0.407 e. The Balaban J connectivity index is 1.68. The number of hydrogen-bond donors (Lipinski definition) is 0. The van der Waals surface area contributed by atoms with E-state index < -0.39 is 0 Å². The van der Waals surface area contributed by atoms with Gasteiger partial charge in [-0.15, -0.1) is 5.10 Å². The van der Waals surface area contributed by atoms with E-state index in [0.717, 1.165) is 5.56 Å². The maximum Gasteiger partial charge on any atom is 0.325 e. The zero-order valence-electron chi connectivity index (χ0n) is 11.8. The van der Waals surface area contributed by atoms with Gasteiger partial charge in [0.2, 0.25) is 11.8 Å². The van der Waals surface area contributed by atoms with Crippen LogP contribution in [0.15, 0.2) is 39.9 Å². The lowest BCUT2D eigenvalue weighted by molar-refractivity contribution is -0.117. The molecule has 8 nitrogen and oxygen atoms in total. The van der Waals surface area contributed by atoms with Gasteiger partial charge in [-0.05, 0) is 17.0 Å². The zero-order valence-corrected chi connectivity index (χ0v) is 11.8. The summed E-state index contributed by atoms with van der Waals surface area (Å²) in [6.07, 6.45) is 0.855. The second kappa shape index (κ2) is 6.28. The van der Waals surface area contributed by atoms with E-state index in [1.165, 1.54) is 4.90 Å². The monoisotopic (exact) mass is 298 g/mol. The van der Waals surface area contributed by atoms with Gasteiger partial charge in [-0.3, -0.25) is 9.69 Å². The topological polar surface area (TPSA) is 108 Å². The highest BCUT2D eigenvalue weighted by Crippen LogP contribution is 2.24. The summed E-state index contributed by atoms with van der Waals surface area (Å²) in [5.41, 5.74) is 9.40. The lowest BCUT2D eigenvalue weighted by Gasteiger charge is -2.09. The van der Waals surface area contributed by atoms with Gasteiger partial charge in [-0.1, -0.05) is 40.5 Å². The number of rotatable bonds is 5. The van der Waals surface area contributed by atoms with E-state index in [2.05, 4.69) is 20.2 Å². The molecule has 2 aromatic rings. The minimum Gasteiger partial charge on any atom is -0.407 e. The van der Waals surface area contributed by atoms with Crippen molar-refractivity contribution >= 4 is 11.9 Å². The molecular weight excluding hydrogens is 284 g/mol. The van der Waals surface area contributed by atoms with Gasteiger partial charge in [-0.25, -0.2) is 0 Å². The Morgan fingerprint density at radius 3 is 2.95 bits per heavy atom. The van der Waals surface area contributed by atoms with Crippen molar-refractivity contribution in [2.45, 2.75) is 12.8 Å². The highest BCUT2D eigenvalue weighted by Gasteiger charge is 2.33. The average molecular weight is 298 g/mol. The number of aromatic nitrogens is 2. The number of azide groups is 1. The van der Waals surface area contributed by atoms with Crippen molar-refractivity contribution < 1.29 is 9.21 Å². The van der Waals surface area contributed by atoms with Gasteiger partial charge >= 0.3 is 6.01 Å². The predicted molar refractivity (Wildman–Crippen MR) is 78.0 cm³/mol. The third-order valence-electron chi connectivity index (χ3n) is 3.49. The van der Waals surface area contributed by atoms with Gasteiger partial charge in [0.15, 0.2) is 0 Å². The van der Waals surface area contributed by atoms with Crippen LogP contribution in [0, 0.1) is 5.92 Å². The number of nitrogens with zero attached hydrogens (tertiary/aromatic N) is 6. The van der Waals surface area contributed by atoms with Gasteiger partial charge < -0.3 is 4.42 Å². The lowest BCUT2D eigenvalue weighted by Crippen LogP contribution is -2.25. The number of carbonyl (C=O) groups excluding carboxylic acids is 1. The van der Waals surface area contributed by atoms with Crippen LogP contribution in [0.3, 0.4) is 0 Å². The van der Waals surface area contributed by atoms with Crippen molar-refractivity contribution in [1.82, 2.24) is 10.2 Å². The first-order valence-corrected chi connectivity index (χ1v) is 6.94. The van der Waals surface area contributed by atoms with Crippen molar-refractivity contribution in [3.05, 3.63) is 52.2 Å². The summed E-state index contributed by atoms with van der Waals surface area (Å²) in [6, 6.07) is 9.98. The SMILES string of the molecule is [N-]=[N+]=NCC1CC(=O)N(c2nnc(Cc3ccccc3)o2)C1. The fourth-order valence-electron chi connectivity index (χ4n) is 2.44. The third kappa shape index (κ3) is 3.07. The maximum atomic E-state index is 12.0. The lowest BCUT2D eigenvalue weighted by atomic mass is 10.1. The molecule has 3 rings (SSSR count). The first-order valence-electron chi connectivity index (χ1n) is 6.94. The Hall–Kier alpha value is -2.86. The van der Waals surface area contributed by atoms with Crippen LogP contribution in [0.5, 0.6) is 0 Å². The molecule has 1 aromatic carbocycles. The van der Waals surface area contributed by atoms with Crippen molar-refractivity contribution in [3.63, 3.8) is 0 Å². The molecule has 1 aliphatic heterocycles. The van der Waals surface area contributed by atoms with Crippen LogP contribution >= 0.6 is 0 Å². The maximum absolute atomic E-state index is 12.0. The van der Waals surface area contributed by atoms with Crippen LogP contribution < -0.4 is 4.90 Å². The van der Waals surface area contributed by atoms with Gasteiger partial charge in [-0.2, -0.15) is 0 Å². The molecule has 0 N–H and O–H groups in total. The van der Waals surface area contributed by atoms with Gasteiger partial charge in [0, 0.05) is 24.4 Å². The van der Waals surface area contributed by atoms with Crippen LogP contribution in [-0.2, 0) is 11.2 Å². The Morgan fingerprint density at radius 2 is 2.18 bits per heavy atom. The first kappa shape index (κ1) is 14.1. The van der Waals surface area contributed by atoms with Gasteiger partial charge in [0.1, 0.15) is 0 Å². The third-order valence-corrected chi connectivity index (χ3v) is 3.49. The van der Waals surface area contributed by atoms with E-state index in [9.17, 15) is 4.79 Å². The van der Waals surface area contributed by atoms with E-state index in [0.29, 0.717) is 31.8 Å². The second-order valence-corrected chi connectivity index (χ2v) is 5.13. The minimum absolute atomic E-state index is 0.00660. The van der Waals surface area contributed by atoms with Crippen LogP contribution in [0.1, 0.15) is 17.9 Å². The molecule has 0 aliphatic carbocycles. The summed E-state index contributed by atoms with van der Waals surface area (Å²) in [5.74, 6) is 0.369. The summed E-state index contributed by atoms with van der Waals surface area (Å²) >= 11 is 0. The number of hydrogen-bond acceptors (Lipinski definition) is 5. The average Bonchev–Trinajstić information content (AvgIpc) is 3.13. The molecule has 112 valence electrons. The van der Waals surface area contributed by atoms with Crippen LogP contribution in [0.25, 0.3) is 10.4 Å². The Kier molecular flexibility index (Phi) is 4.02. The number of amides is 1. The molecule has 1 amide bonds.